The Balaban J connectivity index is 1.44. The number of alkyl halides is 6. The van der Waals surface area contributed by atoms with Gasteiger partial charge in [-0.15, -0.1) is 0 Å². The van der Waals surface area contributed by atoms with Crippen LogP contribution in [-0.4, -0.2) is 19.1 Å². The lowest BCUT2D eigenvalue weighted by molar-refractivity contribution is -0.141. The summed E-state index contributed by atoms with van der Waals surface area (Å²) in [4.78, 5) is 7.61. The number of halogens is 6. The summed E-state index contributed by atoms with van der Waals surface area (Å²) in [6.45, 7) is 7.25. The van der Waals surface area contributed by atoms with Gasteiger partial charge < -0.3 is 13.9 Å². The molecule has 5 nitrogen and oxygen atoms in total. The smallest absolute Gasteiger partial charge is 0.369 e. The first-order valence-electron chi connectivity index (χ1n) is 11.7. The fourth-order valence-electron chi connectivity index (χ4n) is 4.38. The van der Waals surface area contributed by atoms with Gasteiger partial charge in [-0.05, 0) is 51.2 Å². The van der Waals surface area contributed by atoms with Gasteiger partial charge >= 0.3 is 12.4 Å². The first-order valence-corrected chi connectivity index (χ1v) is 11.7. The van der Waals surface area contributed by atoms with E-state index in [1.807, 2.05) is 38.1 Å². The van der Waals surface area contributed by atoms with Crippen LogP contribution < -0.4 is 0 Å². The van der Waals surface area contributed by atoms with Gasteiger partial charge in [-0.1, -0.05) is 24.3 Å². The van der Waals surface area contributed by atoms with Crippen LogP contribution in [0.3, 0.4) is 0 Å². The zero-order valence-corrected chi connectivity index (χ0v) is 20.4. The highest BCUT2D eigenvalue weighted by molar-refractivity contribution is 5.35. The molecular formula is C25H28F6N4O. The molecule has 1 aliphatic rings. The second-order valence-electron chi connectivity index (χ2n) is 9.71. The summed E-state index contributed by atoms with van der Waals surface area (Å²) in [6, 6.07) is 7.17. The Morgan fingerprint density at radius 3 is 2.08 bits per heavy atom. The second kappa shape index (κ2) is 9.57. The van der Waals surface area contributed by atoms with E-state index in [4.69, 9.17) is 4.74 Å². The van der Waals surface area contributed by atoms with Crippen molar-refractivity contribution in [2.45, 2.75) is 83.6 Å². The molecule has 2 unspecified atom stereocenters. The standard InChI is InChI=1S/C25H28F6N4O/c1-14(2)34-10-20(24(26,27)28)32-22(34)13-36-12-16-6-5-7-17(8-16)18-9-19(18)23-33-21(25(29,30)31)11-35(23)15(3)4/h5-8,10-11,14-15,18-19H,9,12-13H2,1-4H3. The van der Waals surface area contributed by atoms with E-state index >= 15 is 0 Å². The lowest BCUT2D eigenvalue weighted by atomic mass is 10.1. The number of nitrogens with zero attached hydrogens (tertiary/aromatic N) is 4. The number of imidazole rings is 2. The van der Waals surface area contributed by atoms with Crippen LogP contribution in [0.25, 0.3) is 0 Å². The molecular weight excluding hydrogens is 486 g/mol. The summed E-state index contributed by atoms with van der Waals surface area (Å²) in [5.74, 6) is 0.556. The molecule has 1 aromatic carbocycles. The Kier molecular flexibility index (Phi) is 6.98. The highest BCUT2D eigenvalue weighted by Crippen LogP contribution is 2.55. The van der Waals surface area contributed by atoms with Gasteiger partial charge in [0.15, 0.2) is 11.4 Å². The van der Waals surface area contributed by atoms with E-state index in [2.05, 4.69) is 9.97 Å². The van der Waals surface area contributed by atoms with Crippen molar-refractivity contribution in [2.75, 3.05) is 0 Å². The van der Waals surface area contributed by atoms with Crippen LogP contribution in [0.4, 0.5) is 26.3 Å². The minimum absolute atomic E-state index is 0.0418. The van der Waals surface area contributed by atoms with Crippen molar-refractivity contribution in [1.82, 2.24) is 19.1 Å². The average molecular weight is 515 g/mol. The third kappa shape index (κ3) is 5.61. The maximum Gasteiger partial charge on any atom is 0.434 e. The maximum atomic E-state index is 13.2. The second-order valence-corrected chi connectivity index (χ2v) is 9.71. The molecule has 0 bridgehead atoms. The van der Waals surface area contributed by atoms with Crippen LogP contribution in [-0.2, 0) is 30.3 Å². The van der Waals surface area contributed by atoms with Gasteiger partial charge in [-0.25, -0.2) is 9.97 Å². The molecule has 1 fully saturated rings. The van der Waals surface area contributed by atoms with E-state index in [0.29, 0.717) is 12.2 Å². The van der Waals surface area contributed by atoms with Crippen molar-refractivity contribution in [2.24, 2.45) is 0 Å². The van der Waals surface area contributed by atoms with E-state index in [1.54, 1.807) is 18.4 Å². The third-order valence-electron chi connectivity index (χ3n) is 6.26. The number of rotatable bonds is 8. The molecule has 36 heavy (non-hydrogen) atoms. The van der Waals surface area contributed by atoms with E-state index in [-0.39, 0.29) is 43.0 Å². The lowest BCUT2D eigenvalue weighted by Gasteiger charge is -2.12. The fourth-order valence-corrected chi connectivity index (χ4v) is 4.38. The summed E-state index contributed by atoms with van der Waals surface area (Å²) < 4.78 is 87.6. The maximum absolute atomic E-state index is 13.2. The molecule has 0 aliphatic heterocycles. The number of aromatic nitrogens is 4. The van der Waals surface area contributed by atoms with Crippen molar-refractivity contribution in [1.29, 1.82) is 0 Å². The van der Waals surface area contributed by atoms with Crippen molar-refractivity contribution < 1.29 is 31.1 Å². The zero-order valence-electron chi connectivity index (χ0n) is 20.4. The molecule has 2 aromatic heterocycles. The topological polar surface area (TPSA) is 44.9 Å². The van der Waals surface area contributed by atoms with E-state index in [1.165, 1.54) is 4.57 Å². The van der Waals surface area contributed by atoms with Gasteiger partial charge in [0.05, 0.1) is 6.61 Å². The molecule has 2 heterocycles. The molecule has 0 radical (unpaired) electrons. The predicted molar refractivity (Wildman–Crippen MR) is 120 cm³/mol. The first-order chi connectivity index (χ1) is 16.8. The number of ether oxygens (including phenoxy) is 1. The van der Waals surface area contributed by atoms with Crippen molar-refractivity contribution in [3.63, 3.8) is 0 Å². The van der Waals surface area contributed by atoms with Gasteiger partial charge in [-0.3, -0.25) is 0 Å². The van der Waals surface area contributed by atoms with Gasteiger partial charge in [0.25, 0.3) is 0 Å². The molecule has 0 amide bonds. The normalized spacial score (nSPS) is 18.4. The quantitative estimate of drug-likeness (QED) is 0.297. The molecule has 2 atom stereocenters. The summed E-state index contributed by atoms with van der Waals surface area (Å²) in [5.41, 5.74) is -0.0477. The molecule has 11 heteroatoms. The predicted octanol–water partition coefficient (Wildman–Crippen LogP) is 7.27. The van der Waals surface area contributed by atoms with Crippen LogP contribution in [0.1, 0.15) is 92.2 Å². The lowest BCUT2D eigenvalue weighted by Crippen LogP contribution is -2.07. The molecule has 0 N–H and O–H groups in total. The summed E-state index contributed by atoms with van der Waals surface area (Å²) in [6.07, 6.45) is -6.28. The number of hydrogen-bond acceptors (Lipinski definition) is 3. The van der Waals surface area contributed by atoms with Crippen LogP contribution in [0.2, 0.25) is 0 Å². The molecule has 3 aromatic rings. The number of benzene rings is 1. The molecule has 1 aliphatic carbocycles. The van der Waals surface area contributed by atoms with Gasteiger partial charge in [-0.2, -0.15) is 26.3 Å². The molecule has 1 saturated carbocycles. The summed E-state index contributed by atoms with van der Waals surface area (Å²) >= 11 is 0. The van der Waals surface area contributed by atoms with Gasteiger partial charge in [0.1, 0.15) is 18.3 Å². The monoisotopic (exact) mass is 514 g/mol. The third-order valence-corrected chi connectivity index (χ3v) is 6.26. The van der Waals surface area contributed by atoms with Crippen LogP contribution in [0.15, 0.2) is 36.7 Å². The highest BCUT2D eigenvalue weighted by atomic mass is 19.4. The fraction of sp³-hybridized carbons (Fsp3) is 0.520. The largest absolute Gasteiger partial charge is 0.434 e. The van der Waals surface area contributed by atoms with Gasteiger partial charge in [0.2, 0.25) is 0 Å². The van der Waals surface area contributed by atoms with Crippen molar-refractivity contribution in [3.8, 4) is 0 Å². The molecule has 0 spiro atoms. The molecule has 4 rings (SSSR count). The van der Waals surface area contributed by atoms with Gasteiger partial charge in [0, 0.05) is 30.4 Å². The molecule has 196 valence electrons. The Morgan fingerprint density at radius 1 is 0.861 bits per heavy atom. The summed E-state index contributed by atoms with van der Waals surface area (Å²) in [5, 5.41) is 0. The Hall–Kier alpha value is -2.82. The van der Waals surface area contributed by atoms with Crippen LogP contribution in [0, 0.1) is 0 Å². The first kappa shape index (κ1) is 26.2. The Bertz CT molecular complexity index is 1210. The average Bonchev–Trinajstić information content (AvgIpc) is 3.22. The van der Waals surface area contributed by atoms with E-state index in [9.17, 15) is 26.3 Å². The van der Waals surface area contributed by atoms with E-state index in [0.717, 1.165) is 23.5 Å². The Morgan fingerprint density at radius 2 is 1.47 bits per heavy atom. The minimum Gasteiger partial charge on any atom is -0.369 e. The SMILES string of the molecule is CC(C)n1cc(C(F)(F)F)nc1COCc1cccc(C2CC2c2nc(C(F)(F)F)cn2C(C)C)c1. The summed E-state index contributed by atoms with van der Waals surface area (Å²) in [7, 11) is 0. The van der Waals surface area contributed by atoms with Crippen LogP contribution >= 0.6 is 0 Å². The highest BCUT2D eigenvalue weighted by Gasteiger charge is 2.45. The Labute approximate surface area is 205 Å². The van der Waals surface area contributed by atoms with E-state index < -0.39 is 23.7 Å². The van der Waals surface area contributed by atoms with Crippen LogP contribution in [0.5, 0.6) is 0 Å². The molecule has 0 saturated heterocycles. The van der Waals surface area contributed by atoms with Crippen molar-refractivity contribution >= 4 is 0 Å². The number of hydrogen-bond donors (Lipinski definition) is 0. The minimum atomic E-state index is -4.53. The zero-order chi connectivity index (χ0) is 26.4. The van der Waals surface area contributed by atoms with Crippen molar-refractivity contribution in [3.05, 3.63) is 70.8 Å².